The molecular weight excluding hydrogens is 386 g/mol. The van der Waals surface area contributed by atoms with Gasteiger partial charge in [0.25, 0.3) is 5.56 Å². The van der Waals surface area contributed by atoms with Crippen molar-refractivity contribution < 1.29 is 43.3 Å². The largest absolute Gasteiger partial charge is 0.387 e. The number of ether oxygens (including phenoxy) is 1. The minimum absolute atomic E-state index is 0.687. The lowest BCUT2D eigenvalue weighted by atomic mass is 10.1. The van der Waals surface area contributed by atoms with Gasteiger partial charge in [0.15, 0.2) is 12.1 Å². The van der Waals surface area contributed by atoms with Crippen LogP contribution < -0.4 is 11.2 Å². The van der Waals surface area contributed by atoms with Gasteiger partial charge in [-0.05, 0) is 0 Å². The Morgan fingerprint density at radius 3 is 2.40 bits per heavy atom. The number of H-pyrrole nitrogens is 1. The lowest BCUT2D eigenvalue weighted by Gasteiger charge is -2.18. The summed E-state index contributed by atoms with van der Waals surface area (Å²) in [5.41, 5.74) is -1.60. The molecule has 1 unspecified atom stereocenters. The highest BCUT2D eigenvalue weighted by atomic mass is 31.2. The summed E-state index contributed by atoms with van der Waals surface area (Å²) in [6.07, 6.45) is -5.00. The van der Waals surface area contributed by atoms with Gasteiger partial charge in [-0.2, -0.15) is 0 Å². The second-order valence-electron chi connectivity index (χ2n) is 5.30. The molecular formula is C10H16N2O11P2. The van der Waals surface area contributed by atoms with Crippen molar-refractivity contribution in [2.45, 2.75) is 24.5 Å². The fraction of sp³-hybridized carbons (Fsp3) is 0.600. The first kappa shape index (κ1) is 20.2. The van der Waals surface area contributed by atoms with Gasteiger partial charge in [-0.1, -0.05) is 0 Å². The predicted octanol–water partition coefficient (Wildman–Crippen LogP) is -2.51. The summed E-state index contributed by atoms with van der Waals surface area (Å²) >= 11 is 0. The summed E-state index contributed by atoms with van der Waals surface area (Å²) < 4.78 is 32.8. The molecule has 13 nitrogen and oxygen atoms in total. The van der Waals surface area contributed by atoms with E-state index in [1.165, 1.54) is 0 Å². The second-order valence-corrected chi connectivity index (χ2v) is 9.30. The summed E-state index contributed by atoms with van der Waals surface area (Å²) in [4.78, 5) is 51.4. The molecule has 0 aliphatic carbocycles. The van der Waals surface area contributed by atoms with Crippen molar-refractivity contribution in [3.05, 3.63) is 33.1 Å². The lowest BCUT2D eigenvalue weighted by molar-refractivity contribution is -0.0524. The highest BCUT2D eigenvalue weighted by Gasteiger charge is 2.45. The van der Waals surface area contributed by atoms with Gasteiger partial charge in [0.05, 0.1) is 6.61 Å². The molecule has 6 N–H and O–H groups in total. The van der Waals surface area contributed by atoms with Crippen LogP contribution in [0, 0.1) is 0 Å². The Bertz CT molecular complexity index is 829. The third-order valence-corrected chi connectivity index (χ3v) is 6.72. The average Bonchev–Trinajstić information content (AvgIpc) is 2.71. The van der Waals surface area contributed by atoms with E-state index in [0.717, 1.165) is 16.8 Å². The van der Waals surface area contributed by atoms with Crippen LogP contribution in [0.1, 0.15) is 6.23 Å². The maximum Gasteiger partial charge on any atom is 0.340 e. The van der Waals surface area contributed by atoms with Crippen LogP contribution >= 0.6 is 15.2 Å². The monoisotopic (exact) mass is 402 g/mol. The molecule has 1 fully saturated rings. The second kappa shape index (κ2) is 7.23. The van der Waals surface area contributed by atoms with Crippen molar-refractivity contribution >= 4 is 15.2 Å². The van der Waals surface area contributed by atoms with Gasteiger partial charge in [0.1, 0.15) is 18.3 Å². The van der Waals surface area contributed by atoms with E-state index in [1.807, 2.05) is 4.98 Å². The van der Waals surface area contributed by atoms with E-state index in [-0.39, 0.29) is 0 Å². The molecule has 25 heavy (non-hydrogen) atoms. The van der Waals surface area contributed by atoms with Gasteiger partial charge in [-0.15, -0.1) is 0 Å². The maximum absolute atomic E-state index is 11.7. The van der Waals surface area contributed by atoms with Crippen LogP contribution in [0.15, 0.2) is 21.9 Å². The standard InChI is InChI=1S/C10H16N2O11P2/c13-6-1-2-12(10(16)11-6)9-8(15)7(14)5(23-9)3-22-25(20,21)4-24(17,18)19/h1-2,5,7-9,14-15H,3-4H2,(H,20,21)(H,11,13,16)(H2,17,18,19)/t5-,7-,8-,9-/m1/s1. The van der Waals surface area contributed by atoms with Crippen LogP contribution in [0.2, 0.25) is 0 Å². The molecule has 142 valence electrons. The topological polar surface area (TPSA) is 209 Å². The van der Waals surface area contributed by atoms with E-state index in [2.05, 4.69) is 4.52 Å². The molecule has 0 saturated carbocycles. The molecule has 1 saturated heterocycles. The molecule has 0 bridgehead atoms. The van der Waals surface area contributed by atoms with Crippen molar-refractivity contribution in [1.82, 2.24) is 9.55 Å². The number of aromatic nitrogens is 2. The Balaban J connectivity index is 2.09. The van der Waals surface area contributed by atoms with Gasteiger partial charge >= 0.3 is 20.9 Å². The Kier molecular flexibility index (Phi) is 5.84. The van der Waals surface area contributed by atoms with Gasteiger partial charge < -0.3 is 34.2 Å². The highest BCUT2D eigenvalue weighted by molar-refractivity contribution is 7.70. The summed E-state index contributed by atoms with van der Waals surface area (Å²) in [5.74, 6) is -1.42. The molecule has 15 heteroatoms. The van der Waals surface area contributed by atoms with Crippen LogP contribution in [-0.4, -0.2) is 65.3 Å². The summed E-state index contributed by atoms with van der Waals surface area (Å²) in [6, 6.07) is 0.982. The first-order chi connectivity index (χ1) is 11.4. The number of hydrogen-bond donors (Lipinski definition) is 6. The number of nitrogens with zero attached hydrogens (tertiary/aromatic N) is 1. The smallest absolute Gasteiger partial charge is 0.340 e. The number of aromatic amines is 1. The van der Waals surface area contributed by atoms with Crippen LogP contribution in [0.25, 0.3) is 0 Å². The number of aliphatic hydroxyl groups excluding tert-OH is 2. The summed E-state index contributed by atoms with van der Waals surface area (Å²) in [7, 11) is -9.49. The fourth-order valence-corrected chi connectivity index (χ4v) is 4.76. The van der Waals surface area contributed by atoms with Crippen molar-refractivity contribution in [3.63, 3.8) is 0 Å². The molecule has 1 aliphatic rings. The van der Waals surface area contributed by atoms with Crippen molar-refractivity contribution in [2.24, 2.45) is 0 Å². The molecule has 1 aromatic rings. The molecule has 0 aromatic carbocycles. The molecule has 1 aliphatic heterocycles. The van der Waals surface area contributed by atoms with Crippen molar-refractivity contribution in [2.75, 3.05) is 12.5 Å². The van der Waals surface area contributed by atoms with E-state index >= 15 is 0 Å². The molecule has 2 heterocycles. The third kappa shape index (κ3) is 5.17. The molecule has 2 rings (SSSR count). The van der Waals surface area contributed by atoms with E-state index < -0.39 is 63.5 Å². The average molecular weight is 402 g/mol. The number of hydrogen-bond acceptors (Lipinski definition) is 8. The van der Waals surface area contributed by atoms with Gasteiger partial charge in [-0.25, -0.2) is 4.79 Å². The van der Waals surface area contributed by atoms with Crippen LogP contribution in [0.4, 0.5) is 0 Å². The minimum atomic E-state index is -4.82. The molecule has 0 spiro atoms. The SMILES string of the molecule is O=c1ccn([C@@H]2O[C@H](COP(=O)(O)CP(=O)(O)O)[C@@H](O)[C@H]2O)c(=O)[nH]1. The van der Waals surface area contributed by atoms with E-state index in [0.29, 0.717) is 0 Å². The van der Waals surface area contributed by atoms with Gasteiger partial charge in [-0.3, -0.25) is 23.5 Å². The first-order valence-corrected chi connectivity index (χ1v) is 10.3. The van der Waals surface area contributed by atoms with Crippen molar-refractivity contribution in [3.8, 4) is 0 Å². The minimum Gasteiger partial charge on any atom is -0.387 e. The normalized spacial score (nSPS) is 29.5. The summed E-state index contributed by atoms with van der Waals surface area (Å²) in [6.45, 7) is -0.777. The van der Waals surface area contributed by atoms with Crippen LogP contribution in [-0.2, 0) is 18.4 Å². The Morgan fingerprint density at radius 1 is 1.20 bits per heavy atom. The van der Waals surface area contributed by atoms with Gasteiger partial charge in [0, 0.05) is 12.3 Å². The van der Waals surface area contributed by atoms with E-state index in [9.17, 15) is 33.8 Å². The lowest BCUT2D eigenvalue weighted by Crippen LogP contribution is -2.37. The molecule has 1 aromatic heterocycles. The maximum atomic E-state index is 11.7. The molecule has 0 radical (unpaired) electrons. The third-order valence-electron chi connectivity index (χ3n) is 3.27. The molecule has 0 amide bonds. The predicted molar refractivity (Wildman–Crippen MR) is 79.9 cm³/mol. The molecule has 5 atom stereocenters. The zero-order valence-electron chi connectivity index (χ0n) is 12.4. The number of nitrogens with one attached hydrogen (secondary N) is 1. The number of aliphatic hydroxyl groups is 2. The summed E-state index contributed by atoms with van der Waals surface area (Å²) in [5, 5.41) is 19.8. The van der Waals surface area contributed by atoms with Crippen LogP contribution in [0.5, 0.6) is 0 Å². The van der Waals surface area contributed by atoms with E-state index in [4.69, 9.17) is 14.5 Å². The Labute approximate surface area is 139 Å². The fourth-order valence-electron chi connectivity index (χ4n) is 2.19. The van der Waals surface area contributed by atoms with Crippen molar-refractivity contribution in [1.29, 1.82) is 0 Å². The zero-order chi connectivity index (χ0) is 19.0. The van der Waals surface area contributed by atoms with E-state index in [1.54, 1.807) is 0 Å². The van der Waals surface area contributed by atoms with Gasteiger partial charge in [0.2, 0.25) is 0 Å². The Morgan fingerprint density at radius 2 is 1.84 bits per heavy atom. The van der Waals surface area contributed by atoms with Crippen LogP contribution in [0.3, 0.4) is 0 Å². The number of rotatable bonds is 6. The quantitative estimate of drug-likeness (QED) is 0.274. The first-order valence-electron chi connectivity index (χ1n) is 6.74. The Hall–Kier alpha value is -1.14. The zero-order valence-corrected chi connectivity index (χ0v) is 14.2. The highest BCUT2D eigenvalue weighted by Crippen LogP contribution is 2.55.